The average Bonchev–Trinajstić information content (AvgIpc) is 2.44. The molecule has 0 aromatic heterocycles. The number of phenols is 1. The van der Waals surface area contributed by atoms with Gasteiger partial charge in [-0.15, -0.1) is 0 Å². The Labute approximate surface area is 119 Å². The van der Waals surface area contributed by atoms with Gasteiger partial charge in [-0.05, 0) is 37.7 Å². The lowest BCUT2D eigenvalue weighted by Gasteiger charge is -2.29. The van der Waals surface area contributed by atoms with Crippen LogP contribution >= 0.6 is 11.8 Å². The predicted molar refractivity (Wildman–Crippen MR) is 82.0 cm³/mol. The molecule has 1 aromatic carbocycles. The van der Waals surface area contributed by atoms with E-state index in [0.717, 1.165) is 18.4 Å². The van der Waals surface area contributed by atoms with Crippen LogP contribution in [0.25, 0.3) is 0 Å². The van der Waals surface area contributed by atoms with E-state index in [1.165, 1.54) is 0 Å². The topological polar surface area (TPSA) is 49.3 Å². The normalized spacial score (nSPS) is 11.4. The standard InChI is InChI=1S/C15H23NO2S/c1-5-15(6-2,19-4)10-16-14(18)12-9-7-8-11(3)13(12)17/h7-9,17H,5-6,10H2,1-4H3,(H,16,18). The van der Waals surface area contributed by atoms with Crippen molar-refractivity contribution in [2.45, 2.75) is 38.4 Å². The molecule has 0 unspecified atom stereocenters. The van der Waals surface area contributed by atoms with Crippen LogP contribution < -0.4 is 5.32 Å². The summed E-state index contributed by atoms with van der Waals surface area (Å²) in [5.41, 5.74) is 1.07. The van der Waals surface area contributed by atoms with E-state index in [2.05, 4.69) is 25.4 Å². The molecule has 0 spiro atoms. The molecule has 0 aliphatic heterocycles. The molecule has 0 fully saturated rings. The van der Waals surface area contributed by atoms with Crippen molar-refractivity contribution in [1.29, 1.82) is 0 Å². The minimum atomic E-state index is -0.207. The molecule has 0 atom stereocenters. The van der Waals surface area contributed by atoms with Gasteiger partial charge in [-0.25, -0.2) is 0 Å². The predicted octanol–water partition coefficient (Wildman–Crippen LogP) is 3.35. The van der Waals surface area contributed by atoms with Crippen molar-refractivity contribution >= 4 is 17.7 Å². The molecule has 106 valence electrons. The molecule has 1 aromatic rings. The third-order valence-electron chi connectivity index (χ3n) is 3.78. The molecule has 2 N–H and O–H groups in total. The van der Waals surface area contributed by atoms with Crippen LogP contribution in [-0.4, -0.2) is 28.6 Å². The molecule has 0 radical (unpaired) electrons. The number of benzene rings is 1. The van der Waals surface area contributed by atoms with E-state index < -0.39 is 0 Å². The number of hydrogen-bond donors (Lipinski definition) is 2. The van der Waals surface area contributed by atoms with Crippen LogP contribution in [-0.2, 0) is 0 Å². The second-order valence-electron chi connectivity index (χ2n) is 4.75. The second-order valence-corrected chi connectivity index (χ2v) is 6.02. The molecule has 0 saturated carbocycles. The van der Waals surface area contributed by atoms with Crippen LogP contribution in [0, 0.1) is 6.92 Å². The van der Waals surface area contributed by atoms with E-state index in [-0.39, 0.29) is 16.4 Å². The number of phenolic OH excluding ortho intramolecular Hbond substituents is 1. The van der Waals surface area contributed by atoms with Crippen molar-refractivity contribution in [3.05, 3.63) is 29.3 Å². The molecule has 0 aliphatic carbocycles. The minimum absolute atomic E-state index is 0.0720. The Morgan fingerprint density at radius 2 is 2.00 bits per heavy atom. The lowest BCUT2D eigenvalue weighted by molar-refractivity contribution is 0.0946. The number of carbonyl (C=O) groups is 1. The fourth-order valence-corrected chi connectivity index (χ4v) is 2.83. The van der Waals surface area contributed by atoms with Crippen molar-refractivity contribution in [3.8, 4) is 5.75 Å². The van der Waals surface area contributed by atoms with Gasteiger partial charge < -0.3 is 10.4 Å². The van der Waals surface area contributed by atoms with Crippen LogP contribution in [0.3, 0.4) is 0 Å². The van der Waals surface area contributed by atoms with Gasteiger partial charge in [0.15, 0.2) is 0 Å². The van der Waals surface area contributed by atoms with E-state index in [4.69, 9.17) is 0 Å². The second kappa shape index (κ2) is 6.85. The molecule has 4 heteroatoms. The van der Waals surface area contributed by atoms with E-state index in [0.29, 0.717) is 12.1 Å². The van der Waals surface area contributed by atoms with Crippen molar-refractivity contribution in [2.24, 2.45) is 0 Å². The van der Waals surface area contributed by atoms with Crippen LogP contribution in [0.15, 0.2) is 18.2 Å². The van der Waals surface area contributed by atoms with Crippen molar-refractivity contribution in [2.75, 3.05) is 12.8 Å². The zero-order valence-electron chi connectivity index (χ0n) is 12.1. The van der Waals surface area contributed by atoms with Crippen LogP contribution in [0.4, 0.5) is 0 Å². The Balaban J connectivity index is 2.78. The fraction of sp³-hybridized carbons (Fsp3) is 0.533. The highest BCUT2D eigenvalue weighted by Gasteiger charge is 2.26. The summed E-state index contributed by atoms with van der Waals surface area (Å²) in [6.07, 6.45) is 4.08. The van der Waals surface area contributed by atoms with Crippen molar-refractivity contribution < 1.29 is 9.90 Å². The van der Waals surface area contributed by atoms with Gasteiger partial charge in [0.2, 0.25) is 0 Å². The molecule has 1 rings (SSSR count). The molecule has 3 nitrogen and oxygen atoms in total. The zero-order chi connectivity index (χ0) is 14.5. The summed E-state index contributed by atoms with van der Waals surface area (Å²) in [4.78, 5) is 12.1. The van der Waals surface area contributed by atoms with Gasteiger partial charge in [-0.2, -0.15) is 11.8 Å². The first kappa shape index (κ1) is 15.9. The van der Waals surface area contributed by atoms with Crippen LogP contribution in [0.5, 0.6) is 5.75 Å². The molecule has 0 bridgehead atoms. The van der Waals surface area contributed by atoms with E-state index in [1.54, 1.807) is 36.9 Å². The number of rotatable bonds is 6. The summed E-state index contributed by atoms with van der Waals surface area (Å²) in [5, 5.41) is 12.8. The Kier molecular flexibility index (Phi) is 5.73. The lowest BCUT2D eigenvalue weighted by atomic mass is 10.0. The first-order chi connectivity index (χ1) is 8.99. The highest BCUT2D eigenvalue weighted by atomic mass is 32.2. The van der Waals surface area contributed by atoms with Crippen molar-refractivity contribution in [3.63, 3.8) is 0 Å². The quantitative estimate of drug-likeness (QED) is 0.840. The van der Waals surface area contributed by atoms with Crippen molar-refractivity contribution in [1.82, 2.24) is 5.32 Å². The third kappa shape index (κ3) is 3.66. The molecular formula is C15H23NO2S. The van der Waals surface area contributed by atoms with Gasteiger partial charge in [-0.3, -0.25) is 4.79 Å². The molecule has 0 heterocycles. The zero-order valence-corrected chi connectivity index (χ0v) is 12.9. The summed E-state index contributed by atoms with van der Waals surface area (Å²) in [6.45, 7) is 6.68. The van der Waals surface area contributed by atoms with Gasteiger partial charge in [0.05, 0.1) is 5.56 Å². The molecule has 1 amide bonds. The largest absolute Gasteiger partial charge is 0.507 e. The Morgan fingerprint density at radius 3 is 2.53 bits per heavy atom. The monoisotopic (exact) mass is 281 g/mol. The van der Waals surface area contributed by atoms with Gasteiger partial charge in [0.25, 0.3) is 5.91 Å². The molecular weight excluding hydrogens is 258 g/mol. The third-order valence-corrected chi connectivity index (χ3v) is 5.36. The fourth-order valence-electron chi connectivity index (χ4n) is 2.04. The highest BCUT2D eigenvalue weighted by molar-refractivity contribution is 8.00. The van der Waals surface area contributed by atoms with Gasteiger partial charge in [0, 0.05) is 11.3 Å². The smallest absolute Gasteiger partial charge is 0.255 e. The first-order valence-corrected chi connectivity index (χ1v) is 7.84. The maximum atomic E-state index is 12.1. The lowest BCUT2D eigenvalue weighted by Crippen LogP contribution is -2.39. The van der Waals surface area contributed by atoms with Crippen LogP contribution in [0.2, 0.25) is 0 Å². The summed E-state index contributed by atoms with van der Waals surface area (Å²) in [6, 6.07) is 5.22. The summed E-state index contributed by atoms with van der Waals surface area (Å²) < 4.78 is 0.0785. The number of nitrogens with one attached hydrogen (secondary N) is 1. The number of amides is 1. The summed E-state index contributed by atoms with van der Waals surface area (Å²) in [5.74, 6) is -0.135. The number of hydrogen-bond acceptors (Lipinski definition) is 3. The highest BCUT2D eigenvalue weighted by Crippen LogP contribution is 2.30. The number of carbonyl (C=O) groups excluding carboxylic acids is 1. The Hall–Kier alpha value is -1.16. The minimum Gasteiger partial charge on any atom is -0.507 e. The molecule has 0 saturated heterocycles. The average molecular weight is 281 g/mol. The van der Waals surface area contributed by atoms with E-state index in [9.17, 15) is 9.90 Å². The Bertz CT molecular complexity index is 434. The number of aromatic hydroxyl groups is 1. The number of aryl methyl sites for hydroxylation is 1. The molecule has 0 aliphatic rings. The maximum Gasteiger partial charge on any atom is 0.255 e. The summed E-state index contributed by atoms with van der Waals surface area (Å²) in [7, 11) is 0. The van der Waals surface area contributed by atoms with Crippen LogP contribution in [0.1, 0.15) is 42.6 Å². The number of para-hydroxylation sites is 1. The van der Waals surface area contributed by atoms with Gasteiger partial charge in [-0.1, -0.05) is 26.0 Å². The summed E-state index contributed by atoms with van der Waals surface area (Å²) >= 11 is 1.78. The van der Waals surface area contributed by atoms with E-state index >= 15 is 0 Å². The van der Waals surface area contributed by atoms with Gasteiger partial charge >= 0.3 is 0 Å². The SMILES string of the molecule is CCC(CC)(CNC(=O)c1cccc(C)c1O)SC. The number of thioether (sulfide) groups is 1. The molecule has 19 heavy (non-hydrogen) atoms. The Morgan fingerprint density at radius 1 is 1.37 bits per heavy atom. The van der Waals surface area contributed by atoms with Gasteiger partial charge in [0.1, 0.15) is 5.75 Å². The maximum absolute atomic E-state index is 12.1. The first-order valence-electron chi connectivity index (χ1n) is 6.61. The van der Waals surface area contributed by atoms with E-state index in [1.807, 2.05) is 0 Å².